The van der Waals surface area contributed by atoms with Crippen molar-refractivity contribution in [3.8, 4) is 0 Å². The van der Waals surface area contributed by atoms with Crippen molar-refractivity contribution in [3.05, 3.63) is 42.5 Å². The Morgan fingerprint density at radius 1 is 1.25 bits per heavy atom. The molecular weight excluding hydrogens is 312 g/mol. The minimum absolute atomic E-state index is 0.327. The fourth-order valence-electron chi connectivity index (χ4n) is 1.33. The van der Waals surface area contributed by atoms with Gasteiger partial charge >= 0.3 is 108 Å². The van der Waals surface area contributed by atoms with E-state index in [0.717, 1.165) is 6.42 Å². The molecular formula is C14H18OTe. The zero-order chi connectivity index (χ0) is 11.6. The predicted octanol–water partition coefficient (Wildman–Crippen LogP) is 2.68. The van der Waals surface area contributed by atoms with Gasteiger partial charge in [0.05, 0.1) is 0 Å². The van der Waals surface area contributed by atoms with Gasteiger partial charge in [0.1, 0.15) is 0 Å². The molecule has 1 rings (SSSR count). The van der Waals surface area contributed by atoms with Crippen LogP contribution in [-0.4, -0.2) is 24.8 Å². The number of carbonyl (C=O) groups is 1. The van der Waals surface area contributed by atoms with Crippen LogP contribution in [0.25, 0.3) is 0 Å². The molecule has 0 bridgehead atoms. The van der Waals surface area contributed by atoms with Gasteiger partial charge in [-0.15, -0.1) is 0 Å². The standard InChI is InChI=1S/C14H18OTe/c1-2-3-4-5-9-12-14(15)16-13-10-7-6-8-11-13/h6-12H,2-5H2,1H3/b12-9+. The van der Waals surface area contributed by atoms with Gasteiger partial charge < -0.3 is 0 Å². The van der Waals surface area contributed by atoms with Crippen LogP contribution in [0.4, 0.5) is 0 Å². The summed E-state index contributed by atoms with van der Waals surface area (Å²) in [6.07, 6.45) is 8.55. The molecule has 0 saturated carbocycles. The van der Waals surface area contributed by atoms with E-state index < -0.39 is 20.9 Å². The zero-order valence-electron chi connectivity index (χ0n) is 9.69. The SMILES string of the molecule is CCCCC/C=C/C(=O)[Te]c1ccccc1. The van der Waals surface area contributed by atoms with Crippen molar-refractivity contribution < 1.29 is 4.79 Å². The first-order valence-electron chi connectivity index (χ1n) is 5.76. The number of hydrogen-bond acceptors (Lipinski definition) is 1. The molecule has 0 aliphatic heterocycles. The quantitative estimate of drug-likeness (QED) is 0.427. The Bertz CT molecular complexity index is 330. The molecule has 0 amide bonds. The molecule has 0 N–H and O–H groups in total. The topological polar surface area (TPSA) is 17.1 Å². The van der Waals surface area contributed by atoms with E-state index in [-0.39, 0.29) is 0 Å². The van der Waals surface area contributed by atoms with Gasteiger partial charge in [0.25, 0.3) is 0 Å². The van der Waals surface area contributed by atoms with Crippen LogP contribution in [0.3, 0.4) is 0 Å². The molecule has 0 fully saturated rings. The summed E-state index contributed by atoms with van der Waals surface area (Å²) in [5, 5.41) is 0. The molecule has 0 radical (unpaired) electrons. The molecule has 1 aromatic carbocycles. The number of rotatable bonds is 7. The van der Waals surface area contributed by atoms with E-state index in [1.807, 2.05) is 36.4 Å². The summed E-state index contributed by atoms with van der Waals surface area (Å²) in [4.78, 5) is 11.6. The van der Waals surface area contributed by atoms with Crippen LogP contribution in [0.1, 0.15) is 32.6 Å². The molecule has 0 spiro atoms. The van der Waals surface area contributed by atoms with E-state index >= 15 is 0 Å². The molecule has 2 heteroatoms. The predicted molar refractivity (Wildman–Crippen MR) is 70.1 cm³/mol. The molecule has 86 valence electrons. The number of allylic oxidation sites excluding steroid dienone is 2. The van der Waals surface area contributed by atoms with Crippen molar-refractivity contribution in [3.63, 3.8) is 0 Å². The Hall–Kier alpha value is -0.580. The third kappa shape index (κ3) is 6.10. The van der Waals surface area contributed by atoms with Crippen LogP contribution in [0.15, 0.2) is 42.5 Å². The first-order valence-corrected chi connectivity index (χ1v) is 8.09. The summed E-state index contributed by atoms with van der Waals surface area (Å²) in [5.74, 6) is 0. The summed E-state index contributed by atoms with van der Waals surface area (Å²) < 4.78 is 1.55. The normalized spacial score (nSPS) is 10.8. The van der Waals surface area contributed by atoms with Crippen molar-refractivity contribution in [1.82, 2.24) is 0 Å². The number of benzene rings is 1. The van der Waals surface area contributed by atoms with Gasteiger partial charge in [-0.25, -0.2) is 0 Å². The molecule has 1 nitrogen and oxygen atoms in total. The number of hydrogen-bond donors (Lipinski definition) is 0. The first-order chi connectivity index (χ1) is 7.83. The molecule has 0 saturated heterocycles. The van der Waals surface area contributed by atoms with E-state index in [0.29, 0.717) is 3.83 Å². The average molecular weight is 330 g/mol. The van der Waals surface area contributed by atoms with Gasteiger partial charge in [-0.2, -0.15) is 0 Å². The third-order valence-corrected chi connectivity index (χ3v) is 4.60. The molecule has 0 unspecified atom stereocenters. The van der Waals surface area contributed by atoms with E-state index in [1.165, 1.54) is 22.9 Å². The molecule has 0 aliphatic rings. The summed E-state index contributed by atoms with van der Waals surface area (Å²) in [7, 11) is 0. The zero-order valence-corrected chi connectivity index (χ0v) is 12.0. The van der Waals surface area contributed by atoms with Crippen molar-refractivity contribution >= 4 is 28.4 Å². The Balaban J connectivity index is 2.25. The second-order valence-electron chi connectivity index (χ2n) is 3.63. The van der Waals surface area contributed by atoms with E-state index in [1.54, 1.807) is 6.08 Å². The summed E-state index contributed by atoms with van der Waals surface area (Å²) in [6.45, 7) is 2.19. The van der Waals surface area contributed by atoms with Gasteiger partial charge in [0.15, 0.2) is 0 Å². The monoisotopic (exact) mass is 332 g/mol. The van der Waals surface area contributed by atoms with Crippen molar-refractivity contribution in [2.24, 2.45) is 0 Å². The Morgan fingerprint density at radius 2 is 2.00 bits per heavy atom. The fourth-order valence-corrected chi connectivity index (χ4v) is 3.30. The molecule has 0 atom stereocenters. The Kier molecular flexibility index (Phi) is 7.21. The van der Waals surface area contributed by atoms with E-state index in [4.69, 9.17) is 0 Å². The van der Waals surface area contributed by atoms with Gasteiger partial charge in [0.2, 0.25) is 0 Å². The van der Waals surface area contributed by atoms with E-state index in [9.17, 15) is 4.79 Å². The molecule has 0 aromatic heterocycles. The third-order valence-electron chi connectivity index (χ3n) is 2.19. The molecule has 0 heterocycles. The van der Waals surface area contributed by atoms with Crippen LogP contribution in [0.2, 0.25) is 0 Å². The van der Waals surface area contributed by atoms with Crippen molar-refractivity contribution in [2.75, 3.05) is 0 Å². The summed E-state index contributed by atoms with van der Waals surface area (Å²) >= 11 is -0.671. The Morgan fingerprint density at radius 3 is 2.69 bits per heavy atom. The van der Waals surface area contributed by atoms with Crippen LogP contribution >= 0.6 is 0 Å². The van der Waals surface area contributed by atoms with Gasteiger partial charge in [-0.05, 0) is 0 Å². The fraction of sp³-hybridized carbons (Fsp3) is 0.357. The summed E-state index contributed by atoms with van der Waals surface area (Å²) in [5.41, 5.74) is 0. The van der Waals surface area contributed by atoms with Crippen molar-refractivity contribution in [2.45, 2.75) is 32.6 Å². The molecule has 1 aromatic rings. The maximum absolute atomic E-state index is 11.6. The first kappa shape index (κ1) is 13.5. The second-order valence-corrected chi connectivity index (χ2v) is 6.71. The van der Waals surface area contributed by atoms with Crippen molar-refractivity contribution in [1.29, 1.82) is 0 Å². The van der Waals surface area contributed by atoms with Crippen LogP contribution in [0.5, 0.6) is 0 Å². The van der Waals surface area contributed by atoms with Crippen LogP contribution in [0, 0.1) is 0 Å². The van der Waals surface area contributed by atoms with Crippen LogP contribution < -0.4 is 3.61 Å². The second kappa shape index (κ2) is 8.56. The average Bonchev–Trinajstić information content (AvgIpc) is 2.30. The molecule has 0 aliphatic carbocycles. The van der Waals surface area contributed by atoms with Gasteiger partial charge in [-0.3, -0.25) is 0 Å². The molecule has 16 heavy (non-hydrogen) atoms. The number of carbonyl (C=O) groups excluding carboxylic acids is 1. The van der Waals surface area contributed by atoms with Gasteiger partial charge in [0, 0.05) is 0 Å². The van der Waals surface area contributed by atoms with Gasteiger partial charge in [-0.1, -0.05) is 0 Å². The number of unbranched alkanes of at least 4 members (excludes halogenated alkanes) is 3. The Labute approximate surface area is 108 Å². The summed E-state index contributed by atoms with van der Waals surface area (Å²) in [6, 6.07) is 10.1. The van der Waals surface area contributed by atoms with E-state index in [2.05, 4.69) is 6.92 Å². The minimum atomic E-state index is -0.671. The maximum atomic E-state index is 11.6. The van der Waals surface area contributed by atoms with Crippen LogP contribution in [-0.2, 0) is 4.79 Å².